The van der Waals surface area contributed by atoms with Crippen LogP contribution in [0.1, 0.15) is 25.8 Å². The summed E-state index contributed by atoms with van der Waals surface area (Å²) in [6.45, 7) is 5.22. The highest BCUT2D eigenvalue weighted by Gasteiger charge is 2.03. The number of para-hydroxylation sites is 1. The molecule has 0 bridgehead atoms. The summed E-state index contributed by atoms with van der Waals surface area (Å²) in [5, 5.41) is 11.6. The van der Waals surface area contributed by atoms with Crippen LogP contribution in [0.25, 0.3) is 6.08 Å². The Balaban J connectivity index is 2.52. The fourth-order valence-corrected chi connectivity index (χ4v) is 1.73. The second-order valence-electron chi connectivity index (χ2n) is 4.67. The van der Waals surface area contributed by atoms with E-state index in [9.17, 15) is 4.79 Å². The van der Waals surface area contributed by atoms with E-state index in [1.165, 1.54) is 6.08 Å². The van der Waals surface area contributed by atoms with E-state index in [1.54, 1.807) is 6.08 Å². The molecule has 0 heterocycles. The molecule has 0 fully saturated rings. The van der Waals surface area contributed by atoms with E-state index in [0.29, 0.717) is 19.6 Å². The van der Waals surface area contributed by atoms with Gasteiger partial charge >= 0.3 is 0 Å². The van der Waals surface area contributed by atoms with E-state index in [1.807, 2.05) is 38.1 Å². The maximum absolute atomic E-state index is 11.7. The highest BCUT2D eigenvalue weighted by Crippen LogP contribution is 2.19. The summed E-state index contributed by atoms with van der Waals surface area (Å²) in [5.74, 6) is 0.904. The minimum absolute atomic E-state index is 0.138. The number of amides is 1. The van der Waals surface area contributed by atoms with Crippen molar-refractivity contribution >= 4 is 12.0 Å². The minimum atomic E-state index is -0.138. The van der Waals surface area contributed by atoms with Crippen LogP contribution in [0.4, 0.5) is 0 Å². The molecule has 0 aliphatic rings. The molecule has 1 aromatic rings. The van der Waals surface area contributed by atoms with Crippen molar-refractivity contribution in [2.24, 2.45) is 5.92 Å². The number of hydrogen-bond acceptors (Lipinski definition) is 3. The molecule has 1 atom stereocenters. The first-order valence-corrected chi connectivity index (χ1v) is 6.96. The van der Waals surface area contributed by atoms with Gasteiger partial charge in [0, 0.05) is 24.8 Å². The van der Waals surface area contributed by atoms with E-state index in [2.05, 4.69) is 5.32 Å². The van der Waals surface area contributed by atoms with E-state index >= 15 is 0 Å². The van der Waals surface area contributed by atoms with Crippen molar-refractivity contribution in [3.8, 4) is 5.75 Å². The SMILES string of the molecule is CCOc1ccccc1/C=C/C(=O)NCC(C)CCO. The molecule has 0 aromatic heterocycles. The van der Waals surface area contributed by atoms with Gasteiger partial charge in [-0.15, -0.1) is 0 Å². The largest absolute Gasteiger partial charge is 0.493 e. The normalized spacial score (nSPS) is 12.3. The summed E-state index contributed by atoms with van der Waals surface area (Å²) in [4.78, 5) is 11.7. The first-order valence-electron chi connectivity index (χ1n) is 6.96. The van der Waals surface area contributed by atoms with Crippen LogP contribution in [-0.4, -0.2) is 30.8 Å². The van der Waals surface area contributed by atoms with E-state index in [0.717, 1.165) is 11.3 Å². The van der Waals surface area contributed by atoms with Gasteiger partial charge in [-0.3, -0.25) is 4.79 Å². The number of aliphatic hydroxyl groups excluding tert-OH is 1. The number of aliphatic hydroxyl groups is 1. The standard InChI is InChI=1S/C16H23NO3/c1-3-20-15-7-5-4-6-14(15)8-9-16(19)17-12-13(2)10-11-18/h4-9,13,18H,3,10-12H2,1-2H3,(H,17,19)/b9-8+. The monoisotopic (exact) mass is 277 g/mol. The van der Waals surface area contributed by atoms with Crippen molar-refractivity contribution in [3.63, 3.8) is 0 Å². The molecule has 1 unspecified atom stereocenters. The number of benzene rings is 1. The maximum Gasteiger partial charge on any atom is 0.244 e. The molecule has 1 amide bonds. The fraction of sp³-hybridized carbons (Fsp3) is 0.438. The second kappa shape index (κ2) is 9.15. The van der Waals surface area contributed by atoms with Crippen molar-refractivity contribution < 1.29 is 14.6 Å². The molecule has 0 aliphatic heterocycles. The summed E-state index contributed by atoms with van der Waals surface area (Å²) in [6, 6.07) is 7.59. The van der Waals surface area contributed by atoms with Gasteiger partial charge < -0.3 is 15.2 Å². The average Bonchev–Trinajstić information content (AvgIpc) is 2.45. The Morgan fingerprint density at radius 1 is 1.45 bits per heavy atom. The summed E-state index contributed by atoms with van der Waals surface area (Å²) in [7, 11) is 0. The van der Waals surface area contributed by atoms with Crippen molar-refractivity contribution in [3.05, 3.63) is 35.9 Å². The van der Waals surface area contributed by atoms with Gasteiger partial charge in [0.25, 0.3) is 0 Å². The van der Waals surface area contributed by atoms with Gasteiger partial charge in [0.15, 0.2) is 0 Å². The third-order valence-corrected chi connectivity index (χ3v) is 2.88. The Labute approximate surface area is 120 Å². The Hall–Kier alpha value is -1.81. The number of hydrogen-bond donors (Lipinski definition) is 2. The molecule has 0 radical (unpaired) electrons. The van der Waals surface area contributed by atoms with Gasteiger partial charge in [0.1, 0.15) is 5.75 Å². The minimum Gasteiger partial charge on any atom is -0.493 e. The van der Waals surface area contributed by atoms with Gasteiger partial charge in [-0.25, -0.2) is 0 Å². The lowest BCUT2D eigenvalue weighted by Gasteiger charge is -2.09. The van der Waals surface area contributed by atoms with Crippen LogP contribution >= 0.6 is 0 Å². The summed E-state index contributed by atoms with van der Waals surface area (Å²) in [6.07, 6.45) is 3.94. The molecule has 1 aromatic carbocycles. The molecule has 1 rings (SSSR count). The second-order valence-corrected chi connectivity index (χ2v) is 4.67. The zero-order valence-electron chi connectivity index (χ0n) is 12.1. The number of rotatable bonds is 8. The lowest BCUT2D eigenvalue weighted by molar-refractivity contribution is -0.116. The van der Waals surface area contributed by atoms with Gasteiger partial charge in [-0.05, 0) is 31.4 Å². The average molecular weight is 277 g/mol. The topological polar surface area (TPSA) is 58.6 Å². The van der Waals surface area contributed by atoms with E-state index in [-0.39, 0.29) is 18.4 Å². The summed E-state index contributed by atoms with van der Waals surface area (Å²) >= 11 is 0. The van der Waals surface area contributed by atoms with Crippen molar-refractivity contribution in [1.82, 2.24) is 5.32 Å². The Morgan fingerprint density at radius 3 is 2.90 bits per heavy atom. The van der Waals surface area contributed by atoms with E-state index in [4.69, 9.17) is 9.84 Å². The molecule has 4 heteroatoms. The molecular weight excluding hydrogens is 254 g/mol. The van der Waals surface area contributed by atoms with Crippen molar-refractivity contribution in [1.29, 1.82) is 0 Å². The smallest absolute Gasteiger partial charge is 0.244 e. The molecule has 0 saturated heterocycles. The molecule has 2 N–H and O–H groups in total. The lowest BCUT2D eigenvalue weighted by atomic mass is 10.1. The Bertz CT molecular complexity index is 443. The third-order valence-electron chi connectivity index (χ3n) is 2.88. The van der Waals surface area contributed by atoms with Crippen LogP contribution in [0.2, 0.25) is 0 Å². The van der Waals surface area contributed by atoms with Gasteiger partial charge in [-0.1, -0.05) is 25.1 Å². The molecule has 110 valence electrons. The molecule has 0 saturated carbocycles. The van der Waals surface area contributed by atoms with Crippen molar-refractivity contribution in [2.75, 3.05) is 19.8 Å². The van der Waals surface area contributed by atoms with Crippen LogP contribution in [0, 0.1) is 5.92 Å². The van der Waals surface area contributed by atoms with E-state index < -0.39 is 0 Å². The molecule has 20 heavy (non-hydrogen) atoms. The zero-order chi connectivity index (χ0) is 14.8. The number of nitrogens with one attached hydrogen (secondary N) is 1. The molecular formula is C16H23NO3. The van der Waals surface area contributed by atoms with Crippen LogP contribution in [0.15, 0.2) is 30.3 Å². The zero-order valence-corrected chi connectivity index (χ0v) is 12.1. The summed E-state index contributed by atoms with van der Waals surface area (Å²) in [5.41, 5.74) is 0.882. The van der Waals surface area contributed by atoms with Crippen LogP contribution < -0.4 is 10.1 Å². The maximum atomic E-state index is 11.7. The van der Waals surface area contributed by atoms with Gasteiger partial charge in [0.2, 0.25) is 5.91 Å². The fourth-order valence-electron chi connectivity index (χ4n) is 1.73. The Morgan fingerprint density at radius 2 is 2.20 bits per heavy atom. The lowest BCUT2D eigenvalue weighted by Crippen LogP contribution is -2.26. The third kappa shape index (κ3) is 5.89. The summed E-state index contributed by atoms with van der Waals surface area (Å²) < 4.78 is 5.49. The molecule has 0 aliphatic carbocycles. The quantitative estimate of drug-likeness (QED) is 0.716. The van der Waals surface area contributed by atoms with Gasteiger partial charge in [-0.2, -0.15) is 0 Å². The first kappa shape index (κ1) is 16.2. The van der Waals surface area contributed by atoms with Crippen LogP contribution in [-0.2, 0) is 4.79 Å². The highest BCUT2D eigenvalue weighted by atomic mass is 16.5. The molecule has 0 spiro atoms. The van der Waals surface area contributed by atoms with Gasteiger partial charge in [0.05, 0.1) is 6.61 Å². The number of carbonyl (C=O) groups excluding carboxylic acids is 1. The van der Waals surface area contributed by atoms with Crippen molar-refractivity contribution in [2.45, 2.75) is 20.3 Å². The molecule has 4 nitrogen and oxygen atoms in total. The first-order chi connectivity index (χ1) is 9.67. The number of carbonyl (C=O) groups is 1. The predicted octanol–water partition coefficient (Wildman–Crippen LogP) is 2.23. The number of ether oxygens (including phenoxy) is 1. The Kier molecular flexibility index (Phi) is 7.43. The predicted molar refractivity (Wildman–Crippen MR) is 80.5 cm³/mol. The van der Waals surface area contributed by atoms with Crippen LogP contribution in [0.5, 0.6) is 5.75 Å². The van der Waals surface area contributed by atoms with Crippen LogP contribution in [0.3, 0.4) is 0 Å². The highest BCUT2D eigenvalue weighted by molar-refractivity contribution is 5.92.